The number of carbonyl (C=O) groups excluding carboxylic acids is 2. The highest BCUT2D eigenvalue weighted by molar-refractivity contribution is 6.07. The maximum absolute atomic E-state index is 13.1. The van der Waals surface area contributed by atoms with Crippen LogP contribution in [0.2, 0.25) is 0 Å². The average molecular weight is 342 g/mol. The number of anilines is 1. The van der Waals surface area contributed by atoms with Gasteiger partial charge in [0.1, 0.15) is 5.82 Å². The van der Waals surface area contributed by atoms with Gasteiger partial charge in [0.05, 0.1) is 17.9 Å². The molecular formula is C19H19FN2O3. The first-order chi connectivity index (χ1) is 12.1. The van der Waals surface area contributed by atoms with Gasteiger partial charge in [0.2, 0.25) is 5.91 Å². The molecule has 0 radical (unpaired) electrons. The Hall–Kier alpha value is -2.99. The molecule has 0 bridgehead atoms. The zero-order valence-electron chi connectivity index (χ0n) is 13.8. The molecule has 6 heteroatoms. The lowest BCUT2D eigenvalue weighted by Crippen LogP contribution is -2.28. The molecule has 0 saturated heterocycles. The minimum Gasteiger partial charge on any atom is -0.383 e. The quantitative estimate of drug-likeness (QED) is 0.601. The summed E-state index contributed by atoms with van der Waals surface area (Å²) in [4.78, 5) is 24.2. The van der Waals surface area contributed by atoms with Gasteiger partial charge in [-0.3, -0.25) is 9.59 Å². The van der Waals surface area contributed by atoms with Gasteiger partial charge >= 0.3 is 0 Å². The van der Waals surface area contributed by atoms with E-state index in [0.717, 1.165) is 0 Å². The maximum Gasteiger partial charge on any atom is 0.253 e. The number of methoxy groups -OCH3 is 1. The highest BCUT2D eigenvalue weighted by Gasteiger charge is 2.11. The third-order valence-electron chi connectivity index (χ3n) is 3.30. The van der Waals surface area contributed by atoms with Crippen molar-refractivity contribution in [2.24, 2.45) is 0 Å². The zero-order chi connectivity index (χ0) is 18.1. The van der Waals surface area contributed by atoms with Crippen molar-refractivity contribution in [3.8, 4) is 0 Å². The number of halogens is 1. The van der Waals surface area contributed by atoms with E-state index >= 15 is 0 Å². The lowest BCUT2D eigenvalue weighted by Gasteiger charge is -2.10. The Morgan fingerprint density at radius 1 is 1.16 bits per heavy atom. The SMILES string of the molecule is COCCNC(=O)c1ccccc1NC(=O)/C=C/c1cccc(F)c1. The predicted molar refractivity (Wildman–Crippen MR) is 94.7 cm³/mol. The van der Waals surface area contributed by atoms with Crippen LogP contribution in [0.1, 0.15) is 15.9 Å². The van der Waals surface area contributed by atoms with Gasteiger partial charge < -0.3 is 15.4 Å². The molecule has 25 heavy (non-hydrogen) atoms. The third-order valence-corrected chi connectivity index (χ3v) is 3.30. The molecule has 130 valence electrons. The fourth-order valence-corrected chi connectivity index (χ4v) is 2.11. The molecule has 0 aliphatic rings. The van der Waals surface area contributed by atoms with E-state index in [0.29, 0.717) is 30.0 Å². The van der Waals surface area contributed by atoms with Crippen LogP contribution in [0.3, 0.4) is 0 Å². The summed E-state index contributed by atoms with van der Waals surface area (Å²) in [5.74, 6) is -1.09. The van der Waals surface area contributed by atoms with Gasteiger partial charge in [0.25, 0.3) is 5.91 Å². The van der Waals surface area contributed by atoms with Crippen LogP contribution in [0.4, 0.5) is 10.1 Å². The minimum atomic E-state index is -0.415. The van der Waals surface area contributed by atoms with Crippen molar-refractivity contribution in [2.75, 3.05) is 25.6 Å². The molecule has 0 aliphatic heterocycles. The fourth-order valence-electron chi connectivity index (χ4n) is 2.11. The second-order valence-electron chi connectivity index (χ2n) is 5.17. The van der Waals surface area contributed by atoms with Crippen molar-refractivity contribution in [3.63, 3.8) is 0 Å². The van der Waals surface area contributed by atoms with Crippen LogP contribution in [0.5, 0.6) is 0 Å². The molecular weight excluding hydrogens is 323 g/mol. The van der Waals surface area contributed by atoms with Gasteiger partial charge in [-0.15, -0.1) is 0 Å². The van der Waals surface area contributed by atoms with Gasteiger partial charge in [-0.05, 0) is 35.9 Å². The van der Waals surface area contributed by atoms with Crippen molar-refractivity contribution in [1.82, 2.24) is 5.32 Å². The Bertz CT molecular complexity index is 775. The monoisotopic (exact) mass is 342 g/mol. The van der Waals surface area contributed by atoms with Crippen LogP contribution < -0.4 is 10.6 Å². The van der Waals surface area contributed by atoms with Crippen molar-refractivity contribution in [3.05, 3.63) is 71.6 Å². The second-order valence-corrected chi connectivity index (χ2v) is 5.17. The summed E-state index contributed by atoms with van der Waals surface area (Å²) in [5.41, 5.74) is 1.32. The lowest BCUT2D eigenvalue weighted by molar-refractivity contribution is -0.111. The molecule has 5 nitrogen and oxygen atoms in total. The Morgan fingerprint density at radius 2 is 1.96 bits per heavy atom. The van der Waals surface area contributed by atoms with Crippen molar-refractivity contribution in [2.45, 2.75) is 0 Å². The van der Waals surface area contributed by atoms with Crippen LogP contribution in [-0.4, -0.2) is 32.1 Å². The van der Waals surface area contributed by atoms with Crippen molar-refractivity contribution >= 4 is 23.6 Å². The first-order valence-corrected chi connectivity index (χ1v) is 7.71. The van der Waals surface area contributed by atoms with Gasteiger partial charge in [-0.2, -0.15) is 0 Å². The van der Waals surface area contributed by atoms with E-state index in [-0.39, 0.29) is 11.7 Å². The average Bonchev–Trinajstić information content (AvgIpc) is 2.61. The number of ether oxygens (including phenoxy) is 1. The summed E-state index contributed by atoms with van der Waals surface area (Å²) in [6.07, 6.45) is 2.79. The number of benzene rings is 2. The van der Waals surface area contributed by atoms with Gasteiger partial charge in [0.15, 0.2) is 0 Å². The molecule has 0 aliphatic carbocycles. The molecule has 0 spiro atoms. The summed E-state index contributed by atoms with van der Waals surface area (Å²) in [6, 6.07) is 12.6. The van der Waals surface area contributed by atoms with Crippen LogP contribution >= 0.6 is 0 Å². The lowest BCUT2D eigenvalue weighted by atomic mass is 10.1. The standard InChI is InChI=1S/C19H19FN2O3/c1-25-12-11-21-19(24)16-7-2-3-8-17(16)22-18(23)10-9-14-5-4-6-15(20)13-14/h2-10,13H,11-12H2,1H3,(H,21,24)(H,22,23)/b10-9+. The molecule has 0 unspecified atom stereocenters. The first-order valence-electron chi connectivity index (χ1n) is 7.71. The zero-order valence-corrected chi connectivity index (χ0v) is 13.8. The van der Waals surface area contributed by atoms with E-state index in [2.05, 4.69) is 10.6 Å². The second kappa shape index (κ2) is 9.34. The molecule has 2 amide bonds. The topological polar surface area (TPSA) is 67.4 Å². The van der Waals surface area contributed by atoms with Gasteiger partial charge in [-0.1, -0.05) is 24.3 Å². The molecule has 2 aromatic carbocycles. The Balaban J connectivity index is 2.04. The maximum atomic E-state index is 13.1. The van der Waals surface area contributed by atoms with E-state index in [1.807, 2.05) is 0 Å². The highest BCUT2D eigenvalue weighted by atomic mass is 19.1. The number of nitrogens with one attached hydrogen (secondary N) is 2. The van der Waals surface area contributed by atoms with Crippen LogP contribution in [0, 0.1) is 5.82 Å². The number of carbonyl (C=O) groups is 2. The molecule has 2 N–H and O–H groups in total. The largest absolute Gasteiger partial charge is 0.383 e. The van der Waals surface area contributed by atoms with E-state index < -0.39 is 5.91 Å². The fraction of sp³-hybridized carbons (Fsp3) is 0.158. The summed E-state index contributed by atoms with van der Waals surface area (Å²) in [7, 11) is 1.55. The van der Waals surface area contributed by atoms with Crippen LogP contribution in [0.15, 0.2) is 54.6 Å². The number of rotatable bonds is 7. The Morgan fingerprint density at radius 3 is 2.72 bits per heavy atom. The summed E-state index contributed by atoms with van der Waals surface area (Å²) in [5, 5.41) is 5.36. The molecule has 2 aromatic rings. The molecule has 0 saturated carbocycles. The van der Waals surface area contributed by atoms with E-state index in [1.165, 1.54) is 24.3 Å². The number of hydrogen-bond donors (Lipinski definition) is 2. The first kappa shape index (κ1) is 18.4. The number of amides is 2. The molecule has 0 fully saturated rings. The molecule has 2 rings (SSSR count). The Labute approximate surface area is 145 Å². The predicted octanol–water partition coefficient (Wildman–Crippen LogP) is 2.85. The third kappa shape index (κ3) is 5.86. The highest BCUT2D eigenvalue weighted by Crippen LogP contribution is 2.15. The summed E-state index contributed by atoms with van der Waals surface area (Å²) in [6.45, 7) is 0.772. The normalized spacial score (nSPS) is 10.6. The van der Waals surface area contributed by atoms with Crippen molar-refractivity contribution in [1.29, 1.82) is 0 Å². The van der Waals surface area contributed by atoms with E-state index in [9.17, 15) is 14.0 Å². The smallest absolute Gasteiger partial charge is 0.253 e. The van der Waals surface area contributed by atoms with Crippen LogP contribution in [-0.2, 0) is 9.53 Å². The summed E-state index contributed by atoms with van der Waals surface area (Å²) >= 11 is 0. The van der Waals surface area contributed by atoms with Crippen molar-refractivity contribution < 1.29 is 18.7 Å². The van der Waals surface area contributed by atoms with Gasteiger partial charge in [0, 0.05) is 19.7 Å². The minimum absolute atomic E-state index is 0.304. The summed E-state index contributed by atoms with van der Waals surface area (Å²) < 4.78 is 18.0. The molecule has 0 heterocycles. The number of hydrogen-bond acceptors (Lipinski definition) is 3. The van der Waals surface area contributed by atoms with E-state index in [4.69, 9.17) is 4.74 Å². The Kier molecular flexibility index (Phi) is 6.86. The van der Waals surface area contributed by atoms with Gasteiger partial charge in [-0.25, -0.2) is 4.39 Å². The van der Waals surface area contributed by atoms with Crippen LogP contribution in [0.25, 0.3) is 6.08 Å². The van der Waals surface area contributed by atoms with E-state index in [1.54, 1.807) is 43.5 Å². The number of para-hydroxylation sites is 1. The molecule has 0 atom stereocenters. The molecule has 0 aromatic heterocycles.